The lowest BCUT2D eigenvalue weighted by molar-refractivity contribution is -0.118. The number of rotatable bonds is 5. The molecule has 2 rings (SSSR count). The number of aromatic nitrogens is 2. The highest BCUT2D eigenvalue weighted by atomic mass is 32.1. The fraction of sp³-hybridized carbons (Fsp3) is 0.0833. The van der Waals surface area contributed by atoms with Crippen molar-refractivity contribution in [3.8, 4) is 5.75 Å². The molecule has 0 aliphatic heterocycles. The summed E-state index contributed by atoms with van der Waals surface area (Å²) in [5, 5.41) is 8.93. The molecule has 1 aromatic carbocycles. The molecule has 0 spiro atoms. The van der Waals surface area contributed by atoms with Crippen LogP contribution in [0.1, 0.15) is 5.56 Å². The van der Waals surface area contributed by atoms with Gasteiger partial charge in [-0.3, -0.25) is 9.89 Å². The Morgan fingerprint density at radius 1 is 1.42 bits per heavy atom. The van der Waals surface area contributed by atoms with Crippen LogP contribution < -0.4 is 15.8 Å². The van der Waals surface area contributed by atoms with Gasteiger partial charge in [0.05, 0.1) is 11.9 Å². The zero-order valence-corrected chi connectivity index (χ0v) is 10.7. The van der Waals surface area contributed by atoms with E-state index in [1.165, 1.54) is 6.20 Å². The Balaban J connectivity index is 1.84. The maximum atomic E-state index is 11.5. The Kier molecular flexibility index (Phi) is 4.09. The number of anilines is 1. The van der Waals surface area contributed by atoms with Gasteiger partial charge in [-0.2, -0.15) is 5.10 Å². The van der Waals surface area contributed by atoms with Crippen LogP contribution in [0.4, 0.5) is 5.69 Å². The van der Waals surface area contributed by atoms with Crippen LogP contribution in [0.15, 0.2) is 36.7 Å². The number of benzene rings is 1. The number of ether oxygens (including phenoxy) is 1. The SMILES string of the molecule is NC(=S)c1ccc(OCC(=O)Nc2cn[nH]c2)cc1. The average molecular weight is 276 g/mol. The van der Waals surface area contributed by atoms with Gasteiger partial charge in [-0.25, -0.2) is 0 Å². The molecule has 0 saturated heterocycles. The summed E-state index contributed by atoms with van der Waals surface area (Å²) >= 11 is 4.84. The van der Waals surface area contributed by atoms with Gasteiger partial charge < -0.3 is 15.8 Å². The zero-order chi connectivity index (χ0) is 13.7. The van der Waals surface area contributed by atoms with Gasteiger partial charge in [-0.15, -0.1) is 0 Å². The molecule has 0 unspecified atom stereocenters. The second kappa shape index (κ2) is 5.96. The lowest BCUT2D eigenvalue weighted by Gasteiger charge is -2.06. The Morgan fingerprint density at radius 3 is 2.74 bits per heavy atom. The summed E-state index contributed by atoms with van der Waals surface area (Å²) in [6.45, 7) is -0.0857. The molecule has 0 aliphatic rings. The zero-order valence-electron chi connectivity index (χ0n) is 9.92. The van der Waals surface area contributed by atoms with Crippen LogP contribution in [0.2, 0.25) is 0 Å². The van der Waals surface area contributed by atoms with Gasteiger partial charge in [-0.05, 0) is 24.3 Å². The quantitative estimate of drug-likeness (QED) is 0.710. The third kappa shape index (κ3) is 3.78. The van der Waals surface area contributed by atoms with Crippen molar-refractivity contribution >= 4 is 28.8 Å². The van der Waals surface area contributed by atoms with Crippen molar-refractivity contribution in [1.29, 1.82) is 0 Å². The van der Waals surface area contributed by atoms with E-state index in [4.69, 9.17) is 22.7 Å². The first-order chi connectivity index (χ1) is 9.15. The highest BCUT2D eigenvalue weighted by molar-refractivity contribution is 7.80. The molecule has 7 heteroatoms. The third-order valence-electron chi connectivity index (χ3n) is 2.29. The van der Waals surface area contributed by atoms with Gasteiger partial charge in [0.2, 0.25) is 0 Å². The second-order valence-corrected chi connectivity index (χ2v) is 4.15. The van der Waals surface area contributed by atoms with E-state index in [0.29, 0.717) is 16.4 Å². The van der Waals surface area contributed by atoms with Crippen molar-refractivity contribution in [1.82, 2.24) is 10.2 Å². The van der Waals surface area contributed by atoms with E-state index in [1.54, 1.807) is 30.5 Å². The number of carbonyl (C=O) groups excluding carboxylic acids is 1. The first kappa shape index (κ1) is 13.0. The molecule has 0 fully saturated rings. The Morgan fingerprint density at radius 2 is 2.16 bits per heavy atom. The minimum absolute atomic E-state index is 0.0857. The fourth-order valence-corrected chi connectivity index (χ4v) is 1.52. The van der Waals surface area contributed by atoms with E-state index < -0.39 is 0 Å². The standard InChI is InChI=1S/C12H12N4O2S/c13-12(19)8-1-3-10(4-2-8)18-7-11(17)16-9-5-14-15-6-9/h1-6H,7H2,(H2,13,19)(H,14,15)(H,16,17). The molecule has 0 aliphatic carbocycles. The lowest BCUT2D eigenvalue weighted by Crippen LogP contribution is -2.19. The van der Waals surface area contributed by atoms with Crippen molar-refractivity contribution in [2.45, 2.75) is 0 Å². The Hall–Kier alpha value is -2.41. The topological polar surface area (TPSA) is 93.0 Å². The molecular weight excluding hydrogens is 264 g/mol. The normalized spacial score (nSPS) is 9.89. The Bertz CT molecular complexity index is 566. The van der Waals surface area contributed by atoms with Crippen LogP contribution in [0.5, 0.6) is 5.75 Å². The van der Waals surface area contributed by atoms with Gasteiger partial charge in [0, 0.05) is 11.8 Å². The van der Waals surface area contributed by atoms with Crippen LogP contribution in [-0.2, 0) is 4.79 Å². The van der Waals surface area contributed by atoms with Crippen LogP contribution in [0.3, 0.4) is 0 Å². The van der Waals surface area contributed by atoms with Crippen molar-refractivity contribution in [2.75, 3.05) is 11.9 Å². The van der Waals surface area contributed by atoms with Crippen molar-refractivity contribution in [2.24, 2.45) is 5.73 Å². The second-order valence-electron chi connectivity index (χ2n) is 3.71. The first-order valence-electron chi connectivity index (χ1n) is 5.46. The summed E-state index contributed by atoms with van der Waals surface area (Å²) in [6, 6.07) is 6.90. The molecule has 0 saturated carbocycles. The molecule has 4 N–H and O–H groups in total. The molecule has 1 heterocycles. The summed E-state index contributed by atoms with van der Waals surface area (Å²) in [7, 11) is 0. The number of hydrogen-bond acceptors (Lipinski definition) is 4. The van der Waals surface area contributed by atoms with Crippen LogP contribution in [0, 0.1) is 0 Å². The minimum atomic E-state index is -0.264. The number of H-pyrrole nitrogens is 1. The summed E-state index contributed by atoms with van der Waals surface area (Å²) in [5.41, 5.74) is 6.83. The van der Waals surface area contributed by atoms with E-state index in [2.05, 4.69) is 15.5 Å². The number of thiocarbonyl (C=S) groups is 1. The molecule has 0 radical (unpaired) electrons. The number of aromatic amines is 1. The van der Waals surface area contributed by atoms with Crippen LogP contribution >= 0.6 is 12.2 Å². The molecule has 1 amide bonds. The smallest absolute Gasteiger partial charge is 0.262 e. The van der Waals surface area contributed by atoms with E-state index in [-0.39, 0.29) is 12.5 Å². The van der Waals surface area contributed by atoms with Gasteiger partial charge in [0.1, 0.15) is 10.7 Å². The first-order valence-corrected chi connectivity index (χ1v) is 5.87. The van der Waals surface area contributed by atoms with Crippen LogP contribution in [0.25, 0.3) is 0 Å². The summed E-state index contributed by atoms with van der Waals surface area (Å²) < 4.78 is 5.32. The molecular formula is C12H12N4O2S. The van der Waals surface area contributed by atoms with Gasteiger partial charge >= 0.3 is 0 Å². The maximum Gasteiger partial charge on any atom is 0.262 e. The highest BCUT2D eigenvalue weighted by Crippen LogP contribution is 2.12. The number of hydrogen-bond donors (Lipinski definition) is 3. The molecule has 1 aromatic heterocycles. The summed E-state index contributed by atoms with van der Waals surface area (Å²) in [6.07, 6.45) is 3.09. The van der Waals surface area contributed by atoms with Crippen LogP contribution in [-0.4, -0.2) is 27.7 Å². The largest absolute Gasteiger partial charge is 0.484 e. The van der Waals surface area contributed by atoms with E-state index in [9.17, 15) is 4.79 Å². The fourth-order valence-electron chi connectivity index (χ4n) is 1.38. The van der Waals surface area contributed by atoms with Gasteiger partial charge in [0.25, 0.3) is 5.91 Å². The van der Waals surface area contributed by atoms with Crippen molar-refractivity contribution in [3.63, 3.8) is 0 Å². The van der Waals surface area contributed by atoms with Gasteiger partial charge in [-0.1, -0.05) is 12.2 Å². The predicted molar refractivity (Wildman–Crippen MR) is 75.0 cm³/mol. The lowest BCUT2D eigenvalue weighted by atomic mass is 10.2. The number of nitrogens with one attached hydrogen (secondary N) is 2. The molecule has 6 nitrogen and oxygen atoms in total. The average Bonchev–Trinajstić information content (AvgIpc) is 2.89. The van der Waals surface area contributed by atoms with Crippen molar-refractivity contribution < 1.29 is 9.53 Å². The Labute approximate surface area is 115 Å². The number of nitrogens with zero attached hydrogens (tertiary/aromatic N) is 1. The van der Waals surface area contributed by atoms with E-state index in [0.717, 1.165) is 5.56 Å². The highest BCUT2D eigenvalue weighted by Gasteiger charge is 2.04. The molecule has 19 heavy (non-hydrogen) atoms. The monoisotopic (exact) mass is 276 g/mol. The van der Waals surface area contributed by atoms with Crippen molar-refractivity contribution in [3.05, 3.63) is 42.2 Å². The number of carbonyl (C=O) groups is 1. The summed E-state index contributed by atoms with van der Waals surface area (Å²) in [4.78, 5) is 11.9. The third-order valence-corrected chi connectivity index (χ3v) is 2.53. The molecule has 0 atom stereocenters. The van der Waals surface area contributed by atoms with E-state index in [1.807, 2.05) is 0 Å². The van der Waals surface area contributed by atoms with Gasteiger partial charge in [0.15, 0.2) is 6.61 Å². The predicted octanol–water partition coefficient (Wildman–Crippen LogP) is 1.06. The molecule has 2 aromatic rings. The number of amides is 1. The van der Waals surface area contributed by atoms with E-state index >= 15 is 0 Å². The maximum absolute atomic E-state index is 11.5. The molecule has 0 bridgehead atoms. The number of nitrogens with two attached hydrogens (primary N) is 1. The minimum Gasteiger partial charge on any atom is -0.484 e. The summed E-state index contributed by atoms with van der Waals surface area (Å²) in [5.74, 6) is 0.308. The molecule has 98 valence electrons.